The van der Waals surface area contributed by atoms with Crippen molar-refractivity contribution in [1.29, 1.82) is 0 Å². The van der Waals surface area contributed by atoms with Gasteiger partial charge in [0.25, 0.3) is 5.91 Å². The predicted molar refractivity (Wildman–Crippen MR) is 55.3 cm³/mol. The van der Waals surface area contributed by atoms with E-state index in [2.05, 4.69) is 5.10 Å². The van der Waals surface area contributed by atoms with Gasteiger partial charge in [-0.1, -0.05) is 0 Å². The Morgan fingerprint density at radius 2 is 2.18 bits per heavy atom. The number of hydrogen-bond acceptors (Lipinski definition) is 3. The van der Waals surface area contributed by atoms with Gasteiger partial charge in [0.1, 0.15) is 17.9 Å². The maximum atomic E-state index is 12.2. The Bertz CT molecular complexity index is 413. The summed E-state index contributed by atoms with van der Waals surface area (Å²) in [4.78, 5) is 12.5. The van der Waals surface area contributed by atoms with E-state index in [9.17, 15) is 18.0 Å². The van der Waals surface area contributed by atoms with Crippen LogP contribution < -0.4 is 5.73 Å². The fourth-order valence-electron chi connectivity index (χ4n) is 1.33. The lowest BCUT2D eigenvalue weighted by atomic mass is 10.2. The third kappa shape index (κ3) is 3.11. The van der Waals surface area contributed by atoms with E-state index in [0.717, 1.165) is 6.20 Å². The Morgan fingerprint density at radius 3 is 2.53 bits per heavy atom. The van der Waals surface area contributed by atoms with Crippen LogP contribution in [0.1, 0.15) is 17.3 Å². The topological polar surface area (TPSA) is 64.2 Å². The Morgan fingerprint density at radius 1 is 1.59 bits per heavy atom. The van der Waals surface area contributed by atoms with Crippen molar-refractivity contribution in [3.8, 4) is 0 Å². The summed E-state index contributed by atoms with van der Waals surface area (Å²) >= 11 is 0. The first kappa shape index (κ1) is 13.3. The molecule has 8 heteroatoms. The number of aromatic nitrogens is 2. The Hall–Kier alpha value is -1.73. The number of aryl methyl sites for hydroxylation is 1. The Balaban J connectivity index is 2.91. The summed E-state index contributed by atoms with van der Waals surface area (Å²) in [5.74, 6) is -0.717. The highest BCUT2D eigenvalue weighted by Gasteiger charge is 2.33. The van der Waals surface area contributed by atoms with Crippen LogP contribution in [0.2, 0.25) is 0 Å². The Labute approximate surface area is 96.0 Å². The summed E-state index contributed by atoms with van der Waals surface area (Å²) in [6, 6.07) is 0. The molecule has 1 aromatic rings. The summed E-state index contributed by atoms with van der Waals surface area (Å²) in [6.45, 7) is 0.125. The summed E-state index contributed by atoms with van der Waals surface area (Å²) < 4.78 is 37.9. The highest BCUT2D eigenvalue weighted by atomic mass is 19.4. The van der Waals surface area contributed by atoms with Crippen LogP contribution in [0.5, 0.6) is 0 Å². The van der Waals surface area contributed by atoms with Crippen LogP contribution in [-0.2, 0) is 7.05 Å². The average molecular weight is 250 g/mol. The lowest BCUT2D eigenvalue weighted by Gasteiger charge is -2.21. The van der Waals surface area contributed by atoms with Crippen molar-refractivity contribution < 1.29 is 18.0 Å². The molecule has 0 saturated heterocycles. The van der Waals surface area contributed by atoms with Crippen molar-refractivity contribution in [2.45, 2.75) is 13.1 Å². The minimum absolute atomic E-state index is 0.0152. The molecular weight excluding hydrogens is 237 g/mol. The summed E-state index contributed by atoms with van der Waals surface area (Å²) in [5.41, 5.74) is 5.52. The zero-order valence-corrected chi connectivity index (χ0v) is 9.45. The highest BCUT2D eigenvalue weighted by Crippen LogP contribution is 2.19. The maximum Gasteiger partial charge on any atom is 0.406 e. The van der Waals surface area contributed by atoms with E-state index in [-0.39, 0.29) is 17.9 Å². The summed E-state index contributed by atoms with van der Waals surface area (Å²) in [6.07, 6.45) is -3.26. The molecule has 0 saturated carbocycles. The number of hydrogen-bond donors (Lipinski definition) is 1. The first-order chi connectivity index (χ1) is 7.76. The van der Waals surface area contributed by atoms with Gasteiger partial charge in [-0.2, -0.15) is 18.3 Å². The van der Waals surface area contributed by atoms with Crippen LogP contribution in [0.4, 0.5) is 19.0 Å². The summed E-state index contributed by atoms with van der Waals surface area (Å²) in [5, 5.41) is 3.71. The normalized spacial score (nSPS) is 11.6. The van der Waals surface area contributed by atoms with Crippen LogP contribution in [0.15, 0.2) is 6.20 Å². The van der Waals surface area contributed by atoms with E-state index >= 15 is 0 Å². The number of nitrogens with two attached hydrogens (primary N) is 1. The molecule has 96 valence electrons. The molecule has 1 heterocycles. The number of nitrogens with zero attached hydrogens (tertiary/aromatic N) is 3. The fourth-order valence-corrected chi connectivity index (χ4v) is 1.33. The van der Waals surface area contributed by atoms with Crippen LogP contribution in [0.25, 0.3) is 0 Å². The molecule has 0 aliphatic carbocycles. The van der Waals surface area contributed by atoms with Crippen molar-refractivity contribution in [3.05, 3.63) is 11.8 Å². The van der Waals surface area contributed by atoms with Crippen molar-refractivity contribution in [1.82, 2.24) is 14.7 Å². The van der Waals surface area contributed by atoms with Crippen molar-refractivity contribution in [3.63, 3.8) is 0 Å². The fraction of sp³-hybridized carbons (Fsp3) is 0.556. The third-order valence-corrected chi connectivity index (χ3v) is 2.25. The molecule has 1 amide bonds. The van der Waals surface area contributed by atoms with Crippen LogP contribution in [0, 0.1) is 0 Å². The second kappa shape index (κ2) is 4.64. The van der Waals surface area contributed by atoms with Gasteiger partial charge in [0.2, 0.25) is 0 Å². The first-order valence-corrected chi connectivity index (χ1v) is 4.89. The second-order valence-corrected chi connectivity index (χ2v) is 3.50. The van der Waals surface area contributed by atoms with Gasteiger partial charge < -0.3 is 10.6 Å². The number of amides is 1. The minimum atomic E-state index is -4.43. The molecule has 1 aromatic heterocycles. The van der Waals surface area contributed by atoms with E-state index in [1.807, 2.05) is 0 Å². The number of nitrogen functional groups attached to an aromatic ring is 1. The standard InChI is InChI=1S/C9H13F3N4O/c1-3-16(5-9(10,11)12)8(17)6-4-14-15(2)7(6)13/h4H,3,5,13H2,1-2H3. The lowest BCUT2D eigenvalue weighted by molar-refractivity contribution is -0.140. The monoisotopic (exact) mass is 250 g/mol. The van der Waals surface area contributed by atoms with E-state index in [1.165, 1.54) is 18.7 Å². The molecule has 5 nitrogen and oxygen atoms in total. The maximum absolute atomic E-state index is 12.2. The van der Waals surface area contributed by atoms with Gasteiger partial charge in [-0.3, -0.25) is 9.48 Å². The molecule has 0 aliphatic rings. The molecular formula is C9H13F3N4O. The van der Waals surface area contributed by atoms with Crippen molar-refractivity contribution >= 4 is 11.7 Å². The predicted octanol–water partition coefficient (Wildman–Crippen LogP) is 1.03. The number of carbonyl (C=O) groups is 1. The SMILES string of the molecule is CCN(CC(F)(F)F)C(=O)c1cnn(C)c1N. The third-order valence-electron chi connectivity index (χ3n) is 2.25. The molecule has 2 N–H and O–H groups in total. The molecule has 0 aliphatic heterocycles. The molecule has 1 rings (SSSR count). The van der Waals surface area contributed by atoms with E-state index < -0.39 is 18.6 Å². The van der Waals surface area contributed by atoms with Crippen molar-refractivity contribution in [2.24, 2.45) is 7.05 Å². The highest BCUT2D eigenvalue weighted by molar-refractivity contribution is 5.98. The minimum Gasteiger partial charge on any atom is -0.383 e. The smallest absolute Gasteiger partial charge is 0.383 e. The molecule has 0 spiro atoms. The van der Waals surface area contributed by atoms with Gasteiger partial charge in [-0.25, -0.2) is 0 Å². The average Bonchev–Trinajstić information content (AvgIpc) is 2.54. The quantitative estimate of drug-likeness (QED) is 0.871. The number of carbonyl (C=O) groups excluding carboxylic acids is 1. The molecule has 0 radical (unpaired) electrons. The van der Waals surface area contributed by atoms with Gasteiger partial charge in [-0.15, -0.1) is 0 Å². The number of anilines is 1. The lowest BCUT2D eigenvalue weighted by Crippen LogP contribution is -2.38. The number of rotatable bonds is 3. The first-order valence-electron chi connectivity index (χ1n) is 4.89. The largest absolute Gasteiger partial charge is 0.406 e. The Kier molecular flexibility index (Phi) is 3.64. The van der Waals surface area contributed by atoms with Gasteiger partial charge in [0, 0.05) is 13.6 Å². The van der Waals surface area contributed by atoms with Crippen LogP contribution in [-0.4, -0.2) is 39.9 Å². The molecule has 0 bridgehead atoms. The van der Waals surface area contributed by atoms with E-state index in [0.29, 0.717) is 4.90 Å². The van der Waals surface area contributed by atoms with Gasteiger partial charge in [0.05, 0.1) is 6.20 Å². The van der Waals surface area contributed by atoms with Crippen molar-refractivity contribution in [2.75, 3.05) is 18.8 Å². The van der Waals surface area contributed by atoms with E-state index in [4.69, 9.17) is 5.73 Å². The summed E-state index contributed by atoms with van der Waals surface area (Å²) in [7, 11) is 1.51. The number of alkyl halides is 3. The molecule has 0 atom stereocenters. The molecule has 0 aromatic carbocycles. The van der Waals surface area contributed by atoms with Gasteiger partial charge in [0.15, 0.2) is 0 Å². The van der Waals surface area contributed by atoms with Crippen LogP contribution >= 0.6 is 0 Å². The van der Waals surface area contributed by atoms with Gasteiger partial charge >= 0.3 is 6.18 Å². The van der Waals surface area contributed by atoms with E-state index in [1.54, 1.807) is 0 Å². The van der Waals surface area contributed by atoms with Crippen LogP contribution in [0.3, 0.4) is 0 Å². The zero-order chi connectivity index (χ0) is 13.2. The molecule has 0 fully saturated rings. The second-order valence-electron chi connectivity index (χ2n) is 3.50. The number of halogens is 3. The zero-order valence-electron chi connectivity index (χ0n) is 9.45. The molecule has 0 unspecified atom stereocenters. The molecule has 17 heavy (non-hydrogen) atoms. The van der Waals surface area contributed by atoms with Gasteiger partial charge in [-0.05, 0) is 6.92 Å².